The van der Waals surface area contributed by atoms with Crippen molar-refractivity contribution >= 4 is 19.8 Å². The number of unbranched alkanes of at least 4 members (excludes halogenated alkanes) is 20. The van der Waals surface area contributed by atoms with Gasteiger partial charge in [0.25, 0.3) is 0 Å². The van der Waals surface area contributed by atoms with Crippen LogP contribution in [0.3, 0.4) is 0 Å². The number of ether oxygens (including phenoxy) is 2. The maximum absolute atomic E-state index is 12.7. The van der Waals surface area contributed by atoms with Crippen molar-refractivity contribution in [1.82, 2.24) is 0 Å². The van der Waals surface area contributed by atoms with Gasteiger partial charge in [0.05, 0.1) is 19.8 Å². The summed E-state index contributed by atoms with van der Waals surface area (Å²) in [6.07, 6.45) is 63.5. The summed E-state index contributed by atoms with van der Waals surface area (Å²) in [5, 5.41) is 8.93. The van der Waals surface area contributed by atoms with Crippen LogP contribution in [0, 0.1) is 0 Å². The molecule has 0 rings (SSSR count). The van der Waals surface area contributed by atoms with Crippen molar-refractivity contribution in [1.29, 1.82) is 0 Å². The number of carboxylic acids is 1. The van der Waals surface area contributed by atoms with Gasteiger partial charge in [0, 0.05) is 13.0 Å². The highest BCUT2D eigenvalue weighted by atomic mass is 31.2. The van der Waals surface area contributed by atoms with E-state index < -0.39 is 45.1 Å². The molecule has 4 N–H and O–H groups in total. The zero-order valence-electron chi connectivity index (χ0n) is 41.1. The van der Waals surface area contributed by atoms with E-state index in [1.165, 1.54) is 89.9 Å². The average Bonchev–Trinajstić information content (AvgIpc) is 3.29. The quantitative estimate of drug-likeness (QED) is 0.0232. The SMILES string of the molecule is CC/C=C\C/C=C\C/C=C\C/C=C\C/C=C\CCCCCCCCCCOCC(COP(=O)(O)OCC(N)C(=O)O)OC(=O)CCCCCCCCCCC/C=C\C/C=C\CCCCC. The van der Waals surface area contributed by atoms with Gasteiger partial charge in [-0.1, -0.05) is 195 Å². The van der Waals surface area contributed by atoms with Crippen molar-refractivity contribution in [3.05, 3.63) is 85.1 Å². The Hall–Kier alpha value is -2.85. The fourth-order valence-electron chi connectivity index (χ4n) is 6.72. The normalized spacial score (nSPS) is 14.4. The molecular formula is C54H94NO9P. The molecule has 0 heterocycles. The molecule has 0 aliphatic heterocycles. The van der Waals surface area contributed by atoms with E-state index in [0.717, 1.165) is 89.9 Å². The molecule has 0 amide bonds. The van der Waals surface area contributed by atoms with Gasteiger partial charge in [-0.2, -0.15) is 0 Å². The average molecular weight is 932 g/mol. The predicted molar refractivity (Wildman–Crippen MR) is 272 cm³/mol. The molecule has 374 valence electrons. The van der Waals surface area contributed by atoms with E-state index in [0.29, 0.717) is 13.0 Å². The molecule has 0 aromatic heterocycles. The Morgan fingerprint density at radius 2 is 0.892 bits per heavy atom. The summed E-state index contributed by atoms with van der Waals surface area (Å²) in [6.45, 7) is 3.72. The highest BCUT2D eigenvalue weighted by molar-refractivity contribution is 7.47. The van der Waals surface area contributed by atoms with Crippen LogP contribution < -0.4 is 5.73 Å². The topological polar surface area (TPSA) is 155 Å². The summed E-state index contributed by atoms with van der Waals surface area (Å²) in [5.74, 6) is -1.79. The molecular weight excluding hydrogens is 838 g/mol. The fraction of sp³-hybridized carbons (Fsp3) is 0.704. The Morgan fingerprint density at radius 3 is 1.34 bits per heavy atom. The smallest absolute Gasteiger partial charge is 0.472 e. The molecule has 0 spiro atoms. The molecule has 0 saturated heterocycles. The number of carboxylic acid groups (broad SMARTS) is 1. The molecule has 11 heteroatoms. The molecule has 0 radical (unpaired) electrons. The van der Waals surface area contributed by atoms with Crippen molar-refractivity contribution in [2.75, 3.05) is 26.4 Å². The van der Waals surface area contributed by atoms with E-state index in [2.05, 4.69) is 98.9 Å². The van der Waals surface area contributed by atoms with E-state index in [-0.39, 0.29) is 13.0 Å². The molecule has 65 heavy (non-hydrogen) atoms. The van der Waals surface area contributed by atoms with Gasteiger partial charge >= 0.3 is 19.8 Å². The lowest BCUT2D eigenvalue weighted by molar-refractivity contribution is -0.154. The molecule has 3 atom stereocenters. The number of carbonyl (C=O) groups is 2. The Bertz CT molecular complexity index is 1360. The van der Waals surface area contributed by atoms with Crippen LogP contribution in [0.4, 0.5) is 0 Å². The molecule has 0 bridgehead atoms. The van der Waals surface area contributed by atoms with E-state index >= 15 is 0 Å². The second-order valence-corrected chi connectivity index (χ2v) is 18.4. The number of rotatable bonds is 48. The summed E-state index contributed by atoms with van der Waals surface area (Å²) >= 11 is 0. The van der Waals surface area contributed by atoms with Gasteiger partial charge in [-0.15, -0.1) is 0 Å². The first-order valence-corrected chi connectivity index (χ1v) is 27.1. The monoisotopic (exact) mass is 932 g/mol. The lowest BCUT2D eigenvalue weighted by Gasteiger charge is -2.20. The van der Waals surface area contributed by atoms with Gasteiger partial charge in [0.2, 0.25) is 0 Å². The number of phosphoric ester groups is 1. The Labute approximate surface area is 397 Å². The first-order chi connectivity index (χ1) is 31.7. The lowest BCUT2D eigenvalue weighted by Crippen LogP contribution is -2.34. The third-order valence-corrected chi connectivity index (χ3v) is 11.6. The van der Waals surface area contributed by atoms with E-state index in [1.54, 1.807) is 0 Å². The Morgan fingerprint density at radius 1 is 0.508 bits per heavy atom. The Balaban J connectivity index is 4.18. The van der Waals surface area contributed by atoms with Crippen molar-refractivity contribution in [3.63, 3.8) is 0 Å². The number of hydrogen-bond donors (Lipinski definition) is 3. The van der Waals surface area contributed by atoms with Crippen LogP contribution in [0.25, 0.3) is 0 Å². The number of phosphoric acid groups is 1. The minimum atomic E-state index is -4.63. The summed E-state index contributed by atoms with van der Waals surface area (Å²) in [5.41, 5.74) is 5.37. The second-order valence-electron chi connectivity index (χ2n) is 16.9. The first-order valence-electron chi connectivity index (χ1n) is 25.6. The number of allylic oxidation sites excluding steroid dienone is 14. The van der Waals surface area contributed by atoms with Crippen molar-refractivity contribution in [2.24, 2.45) is 5.73 Å². The van der Waals surface area contributed by atoms with Crippen LogP contribution >= 0.6 is 7.82 Å². The number of esters is 1. The van der Waals surface area contributed by atoms with Gasteiger partial charge in [-0.3, -0.25) is 18.6 Å². The van der Waals surface area contributed by atoms with Gasteiger partial charge in [0.1, 0.15) is 12.1 Å². The van der Waals surface area contributed by atoms with Crippen LogP contribution in [-0.2, 0) is 32.7 Å². The summed E-state index contributed by atoms with van der Waals surface area (Å²) in [7, 11) is -4.63. The van der Waals surface area contributed by atoms with E-state index in [9.17, 15) is 19.0 Å². The number of carbonyl (C=O) groups excluding carboxylic acids is 1. The largest absolute Gasteiger partial charge is 0.480 e. The summed E-state index contributed by atoms with van der Waals surface area (Å²) < 4.78 is 33.5. The predicted octanol–water partition coefficient (Wildman–Crippen LogP) is 15.1. The second kappa shape index (κ2) is 49.1. The molecule has 0 fully saturated rings. The summed E-state index contributed by atoms with van der Waals surface area (Å²) in [6, 6.07) is -1.48. The zero-order valence-corrected chi connectivity index (χ0v) is 42.0. The maximum Gasteiger partial charge on any atom is 0.472 e. The van der Waals surface area contributed by atoms with Gasteiger partial charge in [-0.05, 0) is 89.9 Å². The van der Waals surface area contributed by atoms with Gasteiger partial charge in [0.15, 0.2) is 0 Å². The third-order valence-electron chi connectivity index (χ3n) is 10.7. The number of nitrogens with two attached hydrogens (primary N) is 1. The molecule has 0 aromatic rings. The van der Waals surface area contributed by atoms with Crippen LogP contribution in [-0.4, -0.2) is 60.5 Å². The van der Waals surface area contributed by atoms with E-state index in [4.69, 9.17) is 29.4 Å². The molecule has 0 aromatic carbocycles. The van der Waals surface area contributed by atoms with Gasteiger partial charge in [-0.25, -0.2) is 4.57 Å². The highest BCUT2D eigenvalue weighted by Gasteiger charge is 2.27. The summed E-state index contributed by atoms with van der Waals surface area (Å²) in [4.78, 5) is 33.7. The van der Waals surface area contributed by atoms with Crippen molar-refractivity contribution in [2.45, 2.75) is 219 Å². The molecule has 10 nitrogen and oxygen atoms in total. The molecule has 0 aliphatic rings. The fourth-order valence-corrected chi connectivity index (χ4v) is 7.50. The lowest BCUT2D eigenvalue weighted by atomic mass is 10.1. The Kier molecular flexibility index (Phi) is 46.9. The minimum Gasteiger partial charge on any atom is -0.480 e. The first kappa shape index (κ1) is 62.1. The standard InChI is InChI=1S/C54H94NO9P/c1-3-5-7-9-11-13-15-17-19-21-23-24-25-26-27-29-31-33-35-37-39-41-43-45-47-61-48-51(49-62-65(59,60)63-50-52(55)54(57)58)64-53(56)46-44-42-40-38-36-34-32-30-28-22-20-18-16-14-12-10-8-6-4-2/h5,7,11-14,17-20,23-24,26-27,51-52H,3-4,6,8-10,15-16,21-22,25,28-50,55H2,1-2H3,(H,57,58)(H,59,60)/b7-5-,13-11-,14-12-,19-17-,20-18-,24-23-,27-26-. The molecule has 0 saturated carbocycles. The van der Waals surface area contributed by atoms with E-state index in [1.807, 2.05) is 0 Å². The van der Waals surface area contributed by atoms with Crippen LogP contribution in [0.5, 0.6) is 0 Å². The number of aliphatic carboxylic acids is 1. The molecule has 0 aliphatic carbocycles. The van der Waals surface area contributed by atoms with Crippen LogP contribution in [0.1, 0.15) is 206 Å². The van der Waals surface area contributed by atoms with Crippen molar-refractivity contribution in [3.8, 4) is 0 Å². The van der Waals surface area contributed by atoms with Crippen LogP contribution in [0.2, 0.25) is 0 Å². The van der Waals surface area contributed by atoms with Crippen molar-refractivity contribution < 1.29 is 42.7 Å². The van der Waals surface area contributed by atoms with Crippen LogP contribution in [0.15, 0.2) is 85.1 Å². The minimum absolute atomic E-state index is 0.00505. The number of hydrogen-bond acceptors (Lipinski definition) is 8. The van der Waals surface area contributed by atoms with Gasteiger partial charge < -0.3 is 25.2 Å². The molecule has 3 unspecified atom stereocenters. The highest BCUT2D eigenvalue weighted by Crippen LogP contribution is 2.43. The zero-order chi connectivity index (χ0) is 47.6. The maximum atomic E-state index is 12.7. The third kappa shape index (κ3) is 48.9.